The van der Waals surface area contributed by atoms with Crippen molar-refractivity contribution in [2.75, 3.05) is 26.5 Å². The summed E-state index contributed by atoms with van der Waals surface area (Å²) < 4.78 is 15.6. The first-order valence-electron chi connectivity index (χ1n) is 10.4. The molecular weight excluding hydrogens is 406 g/mol. The fraction of sp³-hybridized carbons (Fsp3) is 0.524. The lowest BCUT2D eigenvalue weighted by atomic mass is 9.96. The number of ether oxygens (including phenoxy) is 3. The highest BCUT2D eigenvalue weighted by Crippen LogP contribution is 2.33. The second kappa shape index (κ2) is 8.83. The van der Waals surface area contributed by atoms with Crippen LogP contribution in [0.2, 0.25) is 0 Å². The molecule has 31 heavy (non-hydrogen) atoms. The highest BCUT2D eigenvalue weighted by molar-refractivity contribution is 6.05. The van der Waals surface area contributed by atoms with Crippen LogP contribution in [0.25, 0.3) is 0 Å². The molecule has 0 radical (unpaired) electrons. The van der Waals surface area contributed by atoms with Crippen LogP contribution < -0.4 is 14.8 Å². The summed E-state index contributed by atoms with van der Waals surface area (Å²) in [6.45, 7) is 3.18. The lowest BCUT2D eigenvalue weighted by Crippen LogP contribution is -2.43. The van der Waals surface area contributed by atoms with Gasteiger partial charge in [0.1, 0.15) is 6.04 Å². The number of hydrogen-bond donors (Lipinski definition) is 1. The third kappa shape index (κ3) is 4.42. The third-order valence-electron chi connectivity index (χ3n) is 5.73. The lowest BCUT2D eigenvalue weighted by molar-refractivity contribution is -0.151. The molecule has 3 aliphatic heterocycles. The lowest BCUT2D eigenvalue weighted by Gasteiger charge is -2.31. The first-order valence-corrected chi connectivity index (χ1v) is 10.4. The Balaban J connectivity index is 1.31. The minimum absolute atomic E-state index is 0.0803. The Labute approximate surface area is 179 Å². The Morgan fingerprint density at radius 2 is 1.90 bits per heavy atom. The number of hydrogen-bond acceptors (Lipinski definition) is 7. The van der Waals surface area contributed by atoms with E-state index < -0.39 is 18.0 Å². The normalized spacial score (nSPS) is 20.7. The molecule has 0 unspecified atom stereocenters. The Morgan fingerprint density at radius 1 is 1.16 bits per heavy atom. The van der Waals surface area contributed by atoms with Gasteiger partial charge in [-0.25, -0.2) is 4.79 Å². The number of likely N-dealkylation sites (tertiary alicyclic amines) is 1. The smallest absolute Gasteiger partial charge is 0.325 e. The molecule has 1 atom stereocenters. The van der Waals surface area contributed by atoms with Crippen molar-refractivity contribution in [1.29, 1.82) is 0 Å². The Hall–Kier alpha value is -3.30. The number of esters is 1. The van der Waals surface area contributed by atoms with Crippen molar-refractivity contribution in [1.82, 2.24) is 15.1 Å². The van der Waals surface area contributed by atoms with Gasteiger partial charge in [0.25, 0.3) is 5.91 Å². The van der Waals surface area contributed by atoms with Gasteiger partial charge in [0.2, 0.25) is 12.7 Å². The maximum atomic E-state index is 12.7. The van der Waals surface area contributed by atoms with Crippen molar-refractivity contribution in [2.24, 2.45) is 5.92 Å². The average molecular weight is 431 g/mol. The zero-order chi connectivity index (χ0) is 22.0. The number of nitrogens with zero attached hydrogens (tertiary/aromatic N) is 2. The van der Waals surface area contributed by atoms with E-state index in [0.717, 1.165) is 10.5 Å². The molecule has 0 spiro atoms. The van der Waals surface area contributed by atoms with Crippen LogP contribution in [0.3, 0.4) is 0 Å². The maximum Gasteiger partial charge on any atom is 0.325 e. The molecule has 0 bridgehead atoms. The SMILES string of the molecule is CCOC(=O)C1CCN(C(=O)C[C@H]2NC(=O)N(Cc3ccc4c(c3)OCO4)C2=O)CC1. The Morgan fingerprint density at radius 3 is 2.65 bits per heavy atom. The number of imide groups is 1. The molecule has 3 heterocycles. The van der Waals surface area contributed by atoms with Gasteiger partial charge in [0, 0.05) is 13.1 Å². The van der Waals surface area contributed by atoms with E-state index in [2.05, 4.69) is 5.32 Å². The number of carbonyl (C=O) groups excluding carboxylic acids is 4. The van der Waals surface area contributed by atoms with E-state index in [4.69, 9.17) is 14.2 Å². The quantitative estimate of drug-likeness (QED) is 0.528. The zero-order valence-electron chi connectivity index (χ0n) is 17.3. The number of fused-ring (bicyclic) bond motifs is 1. The number of nitrogens with one attached hydrogen (secondary N) is 1. The van der Waals surface area contributed by atoms with Gasteiger partial charge in [-0.1, -0.05) is 6.07 Å². The van der Waals surface area contributed by atoms with Gasteiger partial charge >= 0.3 is 12.0 Å². The summed E-state index contributed by atoms with van der Waals surface area (Å²) in [6, 6.07) is 3.81. The van der Waals surface area contributed by atoms with Crippen LogP contribution in [-0.2, 0) is 25.7 Å². The van der Waals surface area contributed by atoms with E-state index in [9.17, 15) is 19.2 Å². The van der Waals surface area contributed by atoms with Gasteiger partial charge in [0.05, 0.1) is 25.5 Å². The third-order valence-corrected chi connectivity index (χ3v) is 5.73. The van der Waals surface area contributed by atoms with Gasteiger partial charge in [-0.15, -0.1) is 0 Å². The molecule has 0 saturated carbocycles. The average Bonchev–Trinajstić information content (AvgIpc) is 3.33. The van der Waals surface area contributed by atoms with Crippen LogP contribution in [0.5, 0.6) is 11.5 Å². The second-order valence-corrected chi connectivity index (χ2v) is 7.73. The van der Waals surface area contributed by atoms with Gasteiger partial charge in [0.15, 0.2) is 11.5 Å². The van der Waals surface area contributed by atoms with Crippen molar-refractivity contribution in [3.63, 3.8) is 0 Å². The maximum absolute atomic E-state index is 12.7. The molecule has 1 aromatic carbocycles. The van der Waals surface area contributed by atoms with Gasteiger partial charge in [-0.3, -0.25) is 19.3 Å². The summed E-state index contributed by atoms with van der Waals surface area (Å²) in [5, 5.41) is 2.60. The molecule has 1 N–H and O–H groups in total. The fourth-order valence-corrected chi connectivity index (χ4v) is 4.02. The van der Waals surface area contributed by atoms with Crippen molar-refractivity contribution in [3.05, 3.63) is 23.8 Å². The summed E-state index contributed by atoms with van der Waals surface area (Å²) in [6.07, 6.45) is 0.962. The largest absolute Gasteiger partial charge is 0.466 e. The van der Waals surface area contributed by atoms with Gasteiger partial charge < -0.3 is 24.4 Å². The van der Waals surface area contributed by atoms with E-state index in [-0.39, 0.29) is 37.6 Å². The Bertz CT molecular complexity index is 895. The molecule has 10 nitrogen and oxygen atoms in total. The van der Waals surface area contributed by atoms with Crippen LogP contribution in [-0.4, -0.2) is 66.1 Å². The minimum Gasteiger partial charge on any atom is -0.466 e. The molecule has 3 aliphatic rings. The molecule has 10 heteroatoms. The van der Waals surface area contributed by atoms with Crippen molar-refractivity contribution in [3.8, 4) is 11.5 Å². The molecule has 2 fully saturated rings. The predicted molar refractivity (Wildman–Crippen MR) is 106 cm³/mol. The van der Waals surface area contributed by atoms with Crippen LogP contribution in [0.15, 0.2) is 18.2 Å². The van der Waals surface area contributed by atoms with E-state index in [1.807, 2.05) is 0 Å². The molecule has 4 rings (SSSR count). The van der Waals surface area contributed by atoms with Gasteiger partial charge in [-0.2, -0.15) is 0 Å². The van der Waals surface area contributed by atoms with Crippen LogP contribution in [0.4, 0.5) is 4.79 Å². The number of urea groups is 1. The number of piperidine rings is 1. The summed E-state index contributed by atoms with van der Waals surface area (Å²) >= 11 is 0. The standard InChI is InChI=1S/C21H25N3O7/c1-2-29-20(27)14-5-7-23(8-6-14)18(25)10-15-19(26)24(21(28)22-15)11-13-3-4-16-17(9-13)31-12-30-16/h3-4,9,14-15H,2,5-8,10-12H2,1H3,(H,22,28)/t15-/m1/s1. The second-order valence-electron chi connectivity index (χ2n) is 7.73. The summed E-state index contributed by atoms with van der Waals surface area (Å²) in [5.41, 5.74) is 0.723. The zero-order valence-corrected chi connectivity index (χ0v) is 17.3. The van der Waals surface area contributed by atoms with E-state index >= 15 is 0 Å². The van der Waals surface area contributed by atoms with Gasteiger partial charge in [-0.05, 0) is 37.5 Å². The first-order chi connectivity index (χ1) is 15.0. The minimum atomic E-state index is -0.892. The fourth-order valence-electron chi connectivity index (χ4n) is 4.02. The first kappa shape index (κ1) is 21.0. The van der Waals surface area contributed by atoms with Crippen LogP contribution in [0.1, 0.15) is 31.7 Å². The van der Waals surface area contributed by atoms with Crippen LogP contribution >= 0.6 is 0 Å². The van der Waals surface area contributed by atoms with Crippen molar-refractivity contribution < 1.29 is 33.4 Å². The van der Waals surface area contributed by atoms with Crippen molar-refractivity contribution >= 4 is 23.8 Å². The summed E-state index contributed by atoms with van der Waals surface area (Å²) in [4.78, 5) is 52.3. The number of amides is 4. The van der Waals surface area contributed by atoms with Crippen LogP contribution in [0, 0.1) is 5.92 Å². The van der Waals surface area contributed by atoms with Crippen molar-refractivity contribution in [2.45, 2.75) is 38.8 Å². The molecule has 166 valence electrons. The molecule has 0 aliphatic carbocycles. The number of carbonyl (C=O) groups is 4. The summed E-state index contributed by atoms with van der Waals surface area (Å²) in [7, 11) is 0. The highest BCUT2D eigenvalue weighted by Gasteiger charge is 2.40. The van der Waals surface area contributed by atoms with E-state index in [0.29, 0.717) is 44.0 Å². The number of rotatable bonds is 6. The molecule has 2 saturated heterocycles. The molecule has 1 aromatic rings. The molecular formula is C21H25N3O7. The predicted octanol–water partition coefficient (Wildman–Crippen LogP) is 1.03. The molecule has 0 aromatic heterocycles. The Kier molecular flexibility index (Phi) is 5.97. The monoisotopic (exact) mass is 431 g/mol. The topological polar surface area (TPSA) is 114 Å². The highest BCUT2D eigenvalue weighted by atomic mass is 16.7. The van der Waals surface area contributed by atoms with E-state index in [1.165, 1.54) is 0 Å². The summed E-state index contributed by atoms with van der Waals surface area (Å²) in [5.74, 6) is 0.114. The van der Waals surface area contributed by atoms with E-state index in [1.54, 1.807) is 30.0 Å². The molecule has 4 amide bonds. The number of benzene rings is 1.